The second kappa shape index (κ2) is 11.8. The van der Waals surface area contributed by atoms with E-state index in [1.54, 1.807) is 12.0 Å². The highest BCUT2D eigenvalue weighted by Crippen LogP contribution is 2.62. The summed E-state index contributed by atoms with van der Waals surface area (Å²) in [6.07, 6.45) is 5.98. The molecule has 1 aromatic carbocycles. The third-order valence-electron chi connectivity index (χ3n) is 10.9. The Morgan fingerprint density at radius 2 is 1.93 bits per heavy atom. The van der Waals surface area contributed by atoms with E-state index in [-0.39, 0.29) is 24.2 Å². The standard InChI is InChI=1S/C36H49N3O6/c1-20-29-19-39(30(20)21(2)40)33(41)31(35(3,4)5)38-34(42)45-36(6)18-24-16-26(24)27(36)12-10-8-9-11-23-15-22-13-14-25(43-7)17-28(22)37-32(23)44-29/h13-15,17,20,24,26-27,29-31H,8-12,16,18-19H2,1-7H3,(H,38,42)/t20-,24?,26-,27-,29+,30+,31-,36-/m1/s1. The minimum absolute atomic E-state index is 0.111. The summed E-state index contributed by atoms with van der Waals surface area (Å²) < 4.78 is 18.4. The van der Waals surface area contributed by atoms with E-state index >= 15 is 0 Å². The molecule has 3 fully saturated rings. The first kappa shape index (κ1) is 31.6. The number of nitrogens with zero attached hydrogens (tertiary/aromatic N) is 2. The van der Waals surface area contributed by atoms with E-state index in [0.29, 0.717) is 29.4 Å². The molecule has 0 spiro atoms. The minimum Gasteiger partial charge on any atom is -0.497 e. The number of rotatable bonds is 2. The zero-order valence-corrected chi connectivity index (χ0v) is 27.9. The molecule has 2 aliphatic heterocycles. The SMILES string of the molecule is COc1ccc2cc3c(nc2c1)O[C@H]1CN(C(=O)[C@H](C(C)(C)C)NC(=O)O[C@]2(C)CC4C[C@H]4[C@H]2CCCCC3)[C@H](C(C)=O)[C@@H]1C. The first-order valence-corrected chi connectivity index (χ1v) is 16.7. The lowest BCUT2D eigenvalue weighted by Gasteiger charge is -2.38. The molecule has 244 valence electrons. The van der Waals surface area contributed by atoms with Gasteiger partial charge in [0.25, 0.3) is 0 Å². The molecule has 1 saturated heterocycles. The molecule has 9 heteroatoms. The molecule has 4 aliphatic rings. The molecular formula is C36H49N3O6. The number of benzene rings is 1. The normalized spacial score (nSPS) is 33.9. The number of amides is 2. The summed E-state index contributed by atoms with van der Waals surface area (Å²) in [4.78, 5) is 47.5. The summed E-state index contributed by atoms with van der Waals surface area (Å²) >= 11 is 0. The van der Waals surface area contributed by atoms with Crippen LogP contribution in [0.3, 0.4) is 0 Å². The first-order valence-electron chi connectivity index (χ1n) is 16.7. The lowest BCUT2D eigenvalue weighted by molar-refractivity contribution is -0.141. The van der Waals surface area contributed by atoms with Gasteiger partial charge >= 0.3 is 6.09 Å². The summed E-state index contributed by atoms with van der Waals surface area (Å²) in [6, 6.07) is 6.46. The number of aryl methyl sites for hydroxylation is 1. The number of hydrogen-bond donors (Lipinski definition) is 1. The summed E-state index contributed by atoms with van der Waals surface area (Å²) in [5, 5.41) is 3.97. The average molecular weight is 620 g/mol. The summed E-state index contributed by atoms with van der Waals surface area (Å²) in [5.74, 6) is 2.11. The Morgan fingerprint density at radius 3 is 2.64 bits per heavy atom. The first-order chi connectivity index (χ1) is 21.3. The van der Waals surface area contributed by atoms with Gasteiger partial charge in [0.05, 0.1) is 25.2 Å². The highest BCUT2D eigenvalue weighted by atomic mass is 16.6. The molecule has 45 heavy (non-hydrogen) atoms. The zero-order valence-electron chi connectivity index (χ0n) is 27.9. The Kier molecular flexibility index (Phi) is 8.27. The van der Waals surface area contributed by atoms with E-state index in [1.807, 2.05) is 45.9 Å². The topological polar surface area (TPSA) is 107 Å². The van der Waals surface area contributed by atoms with E-state index in [1.165, 1.54) is 13.3 Å². The minimum atomic E-state index is -0.878. The van der Waals surface area contributed by atoms with Crippen LogP contribution in [-0.2, 0) is 20.7 Å². The van der Waals surface area contributed by atoms with Gasteiger partial charge in [-0.25, -0.2) is 9.78 Å². The molecular weight excluding hydrogens is 570 g/mol. The Morgan fingerprint density at radius 1 is 1.16 bits per heavy atom. The van der Waals surface area contributed by atoms with Crippen LogP contribution in [0.2, 0.25) is 0 Å². The second-order valence-corrected chi connectivity index (χ2v) is 15.3. The fourth-order valence-corrected chi connectivity index (χ4v) is 8.44. The molecule has 1 aromatic heterocycles. The number of fused-ring (bicyclic) bond motifs is 7. The molecule has 1 N–H and O–H groups in total. The van der Waals surface area contributed by atoms with Crippen molar-refractivity contribution in [3.8, 4) is 11.6 Å². The van der Waals surface area contributed by atoms with E-state index in [4.69, 9.17) is 19.2 Å². The molecule has 6 rings (SSSR count). The van der Waals surface area contributed by atoms with Crippen molar-refractivity contribution in [3.05, 3.63) is 29.8 Å². The number of pyridine rings is 1. The van der Waals surface area contributed by atoms with Crippen LogP contribution < -0.4 is 14.8 Å². The predicted molar refractivity (Wildman–Crippen MR) is 171 cm³/mol. The summed E-state index contributed by atoms with van der Waals surface area (Å²) in [7, 11) is 1.64. The Balaban J connectivity index is 1.37. The number of alkyl carbamates (subject to hydrolysis) is 1. The number of Topliss-reactive ketones (excluding diaryl/α,β-unsaturated/α-hetero) is 1. The van der Waals surface area contributed by atoms with Crippen LogP contribution in [0.5, 0.6) is 11.6 Å². The molecule has 2 aromatic rings. The quantitative estimate of drug-likeness (QED) is 0.433. The van der Waals surface area contributed by atoms with Crippen molar-refractivity contribution in [2.24, 2.45) is 29.1 Å². The van der Waals surface area contributed by atoms with Crippen molar-refractivity contribution in [1.29, 1.82) is 0 Å². The molecule has 0 radical (unpaired) electrons. The van der Waals surface area contributed by atoms with Gasteiger partial charge in [0.15, 0.2) is 5.78 Å². The number of ketones is 1. The number of aromatic nitrogens is 1. The zero-order chi connectivity index (χ0) is 32.3. The molecule has 2 aliphatic carbocycles. The Hall–Kier alpha value is -3.36. The van der Waals surface area contributed by atoms with Crippen LogP contribution in [0.4, 0.5) is 4.79 Å². The van der Waals surface area contributed by atoms with E-state index in [9.17, 15) is 14.4 Å². The van der Waals surface area contributed by atoms with Crippen molar-refractivity contribution < 1.29 is 28.6 Å². The monoisotopic (exact) mass is 619 g/mol. The molecule has 3 heterocycles. The maximum Gasteiger partial charge on any atom is 0.408 e. The third kappa shape index (κ3) is 6.11. The largest absolute Gasteiger partial charge is 0.497 e. The average Bonchev–Trinajstić information content (AvgIpc) is 3.54. The van der Waals surface area contributed by atoms with Gasteiger partial charge in [0, 0.05) is 28.9 Å². The number of carbonyl (C=O) groups excluding carboxylic acids is 3. The fraction of sp³-hybridized carbons (Fsp3) is 0.667. The van der Waals surface area contributed by atoms with E-state index in [0.717, 1.165) is 55.0 Å². The predicted octanol–water partition coefficient (Wildman–Crippen LogP) is 6.10. The van der Waals surface area contributed by atoms with Crippen LogP contribution in [0.15, 0.2) is 24.3 Å². The number of hydrogen-bond acceptors (Lipinski definition) is 7. The van der Waals surface area contributed by atoms with Gasteiger partial charge in [-0.2, -0.15) is 0 Å². The highest BCUT2D eigenvalue weighted by molar-refractivity contribution is 5.92. The van der Waals surface area contributed by atoms with E-state index in [2.05, 4.69) is 18.3 Å². The van der Waals surface area contributed by atoms with Crippen molar-refractivity contribution in [2.75, 3.05) is 13.7 Å². The Labute approximate surface area is 266 Å². The van der Waals surface area contributed by atoms with Crippen LogP contribution >= 0.6 is 0 Å². The summed E-state index contributed by atoms with van der Waals surface area (Å²) in [5.41, 5.74) is 0.631. The van der Waals surface area contributed by atoms with Crippen LogP contribution in [0.1, 0.15) is 85.6 Å². The maximum atomic E-state index is 14.3. The molecule has 1 unspecified atom stereocenters. The molecule has 9 nitrogen and oxygen atoms in total. The van der Waals surface area contributed by atoms with Crippen LogP contribution in [0.25, 0.3) is 10.9 Å². The van der Waals surface area contributed by atoms with Crippen molar-refractivity contribution in [1.82, 2.24) is 15.2 Å². The van der Waals surface area contributed by atoms with Gasteiger partial charge in [-0.3, -0.25) is 9.59 Å². The van der Waals surface area contributed by atoms with Crippen molar-refractivity contribution in [2.45, 2.75) is 110 Å². The Bertz CT molecular complexity index is 1490. The van der Waals surface area contributed by atoms with Crippen LogP contribution in [0, 0.1) is 29.1 Å². The maximum absolute atomic E-state index is 14.3. The number of nitrogens with one attached hydrogen (secondary N) is 1. The molecule has 2 bridgehead atoms. The molecule has 2 amide bonds. The molecule has 8 atom stereocenters. The van der Waals surface area contributed by atoms with Gasteiger partial charge in [-0.1, -0.05) is 40.5 Å². The van der Waals surface area contributed by atoms with Crippen molar-refractivity contribution >= 4 is 28.7 Å². The third-order valence-corrected chi connectivity index (χ3v) is 10.9. The molecule has 2 saturated carbocycles. The van der Waals surface area contributed by atoms with Gasteiger partial charge in [0.2, 0.25) is 11.8 Å². The number of methoxy groups -OCH3 is 1. The van der Waals surface area contributed by atoms with Crippen LogP contribution in [-0.4, -0.2) is 65.1 Å². The smallest absolute Gasteiger partial charge is 0.408 e. The number of ether oxygens (including phenoxy) is 3. The van der Waals surface area contributed by atoms with Gasteiger partial charge in [-0.15, -0.1) is 0 Å². The highest BCUT2D eigenvalue weighted by Gasteiger charge is 2.60. The van der Waals surface area contributed by atoms with Gasteiger partial charge in [0.1, 0.15) is 23.5 Å². The lowest BCUT2D eigenvalue weighted by Crippen LogP contribution is -2.58. The van der Waals surface area contributed by atoms with Gasteiger partial charge < -0.3 is 24.4 Å². The second-order valence-electron chi connectivity index (χ2n) is 15.3. The number of carbonyl (C=O) groups is 3. The van der Waals surface area contributed by atoms with E-state index < -0.39 is 35.3 Å². The summed E-state index contributed by atoms with van der Waals surface area (Å²) in [6.45, 7) is 11.5. The fourth-order valence-electron chi connectivity index (χ4n) is 8.44. The lowest BCUT2D eigenvalue weighted by atomic mass is 9.83. The van der Waals surface area contributed by atoms with Crippen molar-refractivity contribution in [3.63, 3.8) is 0 Å². The van der Waals surface area contributed by atoms with Gasteiger partial charge in [-0.05, 0) is 81.4 Å².